The average Bonchev–Trinajstić information content (AvgIpc) is 2.83. The zero-order chi connectivity index (χ0) is 24.7. The van der Waals surface area contributed by atoms with Crippen molar-refractivity contribution in [2.24, 2.45) is 11.8 Å². The molecule has 1 aliphatic heterocycles. The second-order valence-electron chi connectivity index (χ2n) is 8.50. The second kappa shape index (κ2) is 11.1. The van der Waals surface area contributed by atoms with Gasteiger partial charge in [-0.05, 0) is 61.2 Å². The molecule has 1 saturated heterocycles. The van der Waals surface area contributed by atoms with Gasteiger partial charge in [0.25, 0.3) is 0 Å². The Kier molecular flexibility index (Phi) is 8.26. The highest BCUT2D eigenvalue weighted by molar-refractivity contribution is 7.89. The van der Waals surface area contributed by atoms with Crippen LogP contribution in [0.1, 0.15) is 32.3 Å². The van der Waals surface area contributed by atoms with Crippen LogP contribution in [0.4, 0.5) is 16.2 Å². The lowest BCUT2D eigenvalue weighted by Crippen LogP contribution is -2.41. The third kappa shape index (κ3) is 6.56. The molecule has 2 aromatic carbocycles. The number of ether oxygens (including phenoxy) is 1. The molecule has 1 fully saturated rings. The molecule has 2 aromatic rings. The monoisotopic (exact) mass is 484 g/mol. The average molecular weight is 485 g/mol. The summed E-state index contributed by atoms with van der Waals surface area (Å²) in [5.41, 5.74) is 1.41. The van der Waals surface area contributed by atoms with E-state index in [1.807, 2.05) is 19.9 Å². The van der Waals surface area contributed by atoms with Crippen molar-refractivity contribution in [3.63, 3.8) is 0 Å². The van der Waals surface area contributed by atoms with Gasteiger partial charge in [0.05, 0.1) is 23.1 Å². The SMILES string of the molecule is CC(C)COC(=O)Nc1cccc(NC(=O)C2CCN(S(=O)(=O)c3ccc(C#N)cc3)CC2)c1. The Bertz CT molecular complexity index is 1160. The molecule has 180 valence electrons. The van der Waals surface area contributed by atoms with E-state index in [1.165, 1.54) is 28.6 Å². The smallest absolute Gasteiger partial charge is 0.411 e. The number of hydrogen-bond acceptors (Lipinski definition) is 6. The Morgan fingerprint density at radius 2 is 1.71 bits per heavy atom. The van der Waals surface area contributed by atoms with Crippen molar-refractivity contribution in [2.45, 2.75) is 31.6 Å². The molecule has 0 radical (unpaired) electrons. The molecule has 0 unspecified atom stereocenters. The molecular weight excluding hydrogens is 456 g/mol. The van der Waals surface area contributed by atoms with Crippen molar-refractivity contribution in [1.82, 2.24) is 4.31 Å². The normalized spacial score (nSPS) is 14.9. The first-order valence-electron chi connectivity index (χ1n) is 11.0. The molecule has 0 aliphatic carbocycles. The van der Waals surface area contributed by atoms with Crippen LogP contribution in [0, 0.1) is 23.2 Å². The number of piperidine rings is 1. The number of benzene rings is 2. The predicted molar refractivity (Wildman–Crippen MR) is 128 cm³/mol. The zero-order valence-corrected chi connectivity index (χ0v) is 20.0. The summed E-state index contributed by atoms with van der Waals surface area (Å²) in [6, 6.07) is 14.5. The fourth-order valence-electron chi connectivity index (χ4n) is 3.52. The number of sulfonamides is 1. The number of carbonyl (C=O) groups is 2. The number of carbonyl (C=O) groups excluding carboxylic acids is 2. The molecule has 9 nitrogen and oxygen atoms in total. The lowest BCUT2D eigenvalue weighted by molar-refractivity contribution is -0.120. The third-order valence-corrected chi connectivity index (χ3v) is 7.28. The summed E-state index contributed by atoms with van der Waals surface area (Å²) in [6.45, 7) is 4.64. The molecule has 1 heterocycles. The summed E-state index contributed by atoms with van der Waals surface area (Å²) in [4.78, 5) is 24.7. The number of nitrogens with zero attached hydrogens (tertiary/aromatic N) is 2. The zero-order valence-electron chi connectivity index (χ0n) is 19.2. The lowest BCUT2D eigenvalue weighted by Gasteiger charge is -2.30. The largest absolute Gasteiger partial charge is 0.449 e. The van der Waals surface area contributed by atoms with Gasteiger partial charge < -0.3 is 10.1 Å². The van der Waals surface area contributed by atoms with E-state index in [4.69, 9.17) is 10.00 Å². The van der Waals surface area contributed by atoms with Gasteiger partial charge in [-0.1, -0.05) is 19.9 Å². The number of anilines is 2. The minimum absolute atomic E-state index is 0.130. The van der Waals surface area contributed by atoms with Crippen LogP contribution in [-0.2, 0) is 19.6 Å². The first-order valence-corrected chi connectivity index (χ1v) is 12.5. The van der Waals surface area contributed by atoms with Gasteiger partial charge in [0.2, 0.25) is 15.9 Å². The molecule has 0 aromatic heterocycles. The Morgan fingerprint density at radius 1 is 1.09 bits per heavy atom. The highest BCUT2D eigenvalue weighted by atomic mass is 32.2. The summed E-state index contributed by atoms with van der Waals surface area (Å²) in [7, 11) is -3.68. The Hall–Kier alpha value is -3.42. The van der Waals surface area contributed by atoms with Crippen molar-refractivity contribution >= 4 is 33.4 Å². The van der Waals surface area contributed by atoms with E-state index in [0.29, 0.717) is 36.4 Å². The standard InChI is InChI=1S/C24H28N4O5S/c1-17(2)16-33-24(30)27-21-5-3-4-20(14-21)26-23(29)19-10-12-28(13-11-19)34(31,32)22-8-6-18(15-25)7-9-22/h3-9,14,17,19H,10-13,16H2,1-2H3,(H,26,29)(H,27,30). The van der Waals surface area contributed by atoms with Crippen LogP contribution in [0.15, 0.2) is 53.4 Å². The van der Waals surface area contributed by atoms with Gasteiger partial charge in [0.15, 0.2) is 0 Å². The Labute approximate surface area is 199 Å². The molecule has 1 aliphatic rings. The topological polar surface area (TPSA) is 129 Å². The van der Waals surface area contributed by atoms with Crippen molar-refractivity contribution < 1.29 is 22.7 Å². The maximum absolute atomic E-state index is 12.9. The van der Waals surface area contributed by atoms with E-state index in [-0.39, 0.29) is 35.7 Å². The van der Waals surface area contributed by atoms with Gasteiger partial charge in [-0.25, -0.2) is 13.2 Å². The Morgan fingerprint density at radius 3 is 2.29 bits per heavy atom. The van der Waals surface area contributed by atoms with Gasteiger partial charge >= 0.3 is 6.09 Å². The van der Waals surface area contributed by atoms with E-state index < -0.39 is 16.1 Å². The minimum atomic E-state index is -3.68. The van der Waals surface area contributed by atoms with Gasteiger partial charge in [0, 0.05) is 30.4 Å². The van der Waals surface area contributed by atoms with Crippen molar-refractivity contribution in [2.75, 3.05) is 30.3 Å². The van der Waals surface area contributed by atoms with Crippen LogP contribution in [0.25, 0.3) is 0 Å². The summed E-state index contributed by atoms with van der Waals surface area (Å²) in [5.74, 6) is -0.308. The fourth-order valence-corrected chi connectivity index (χ4v) is 4.99. The number of amides is 2. The van der Waals surface area contributed by atoms with Gasteiger partial charge in [-0.15, -0.1) is 0 Å². The molecule has 0 spiro atoms. The highest BCUT2D eigenvalue weighted by Crippen LogP contribution is 2.25. The molecule has 2 amide bonds. The van der Waals surface area contributed by atoms with Gasteiger partial charge in [-0.3, -0.25) is 10.1 Å². The number of rotatable bonds is 7. The van der Waals surface area contributed by atoms with E-state index in [0.717, 1.165) is 0 Å². The molecule has 34 heavy (non-hydrogen) atoms. The summed E-state index contributed by atoms with van der Waals surface area (Å²) in [5, 5.41) is 14.4. The minimum Gasteiger partial charge on any atom is -0.449 e. The molecular formula is C24H28N4O5S. The van der Waals surface area contributed by atoms with E-state index in [1.54, 1.807) is 24.3 Å². The maximum Gasteiger partial charge on any atom is 0.411 e. The summed E-state index contributed by atoms with van der Waals surface area (Å²) < 4.78 is 32.2. The molecule has 3 rings (SSSR count). The Balaban J connectivity index is 1.54. The predicted octanol–water partition coefficient (Wildman–Crippen LogP) is 3.80. The molecule has 0 saturated carbocycles. The number of nitrogens with one attached hydrogen (secondary N) is 2. The fraction of sp³-hybridized carbons (Fsp3) is 0.375. The van der Waals surface area contributed by atoms with E-state index in [9.17, 15) is 18.0 Å². The molecule has 10 heteroatoms. The quantitative estimate of drug-likeness (QED) is 0.615. The van der Waals surface area contributed by atoms with Crippen LogP contribution < -0.4 is 10.6 Å². The molecule has 2 N–H and O–H groups in total. The van der Waals surface area contributed by atoms with Gasteiger partial charge in [-0.2, -0.15) is 9.57 Å². The molecule has 0 bridgehead atoms. The lowest BCUT2D eigenvalue weighted by atomic mass is 9.97. The van der Waals surface area contributed by atoms with Crippen molar-refractivity contribution in [3.8, 4) is 6.07 Å². The van der Waals surface area contributed by atoms with Crippen molar-refractivity contribution in [1.29, 1.82) is 5.26 Å². The summed E-state index contributed by atoms with van der Waals surface area (Å²) >= 11 is 0. The van der Waals surface area contributed by atoms with Crippen LogP contribution in [0.3, 0.4) is 0 Å². The number of nitriles is 1. The third-order valence-electron chi connectivity index (χ3n) is 5.37. The van der Waals surface area contributed by atoms with Crippen LogP contribution in [0.5, 0.6) is 0 Å². The summed E-state index contributed by atoms with van der Waals surface area (Å²) in [6.07, 6.45) is 0.217. The number of hydrogen-bond donors (Lipinski definition) is 2. The maximum atomic E-state index is 12.9. The highest BCUT2D eigenvalue weighted by Gasteiger charge is 2.32. The van der Waals surface area contributed by atoms with E-state index >= 15 is 0 Å². The van der Waals surface area contributed by atoms with Crippen LogP contribution >= 0.6 is 0 Å². The second-order valence-corrected chi connectivity index (χ2v) is 10.4. The first-order chi connectivity index (χ1) is 16.2. The van der Waals surface area contributed by atoms with Gasteiger partial charge in [0.1, 0.15) is 0 Å². The van der Waals surface area contributed by atoms with Crippen LogP contribution in [0.2, 0.25) is 0 Å². The van der Waals surface area contributed by atoms with Crippen molar-refractivity contribution in [3.05, 3.63) is 54.1 Å². The first kappa shape index (κ1) is 25.2. The van der Waals surface area contributed by atoms with E-state index in [2.05, 4.69) is 10.6 Å². The molecule has 0 atom stereocenters. The van der Waals surface area contributed by atoms with Crippen LogP contribution in [-0.4, -0.2) is 44.4 Å².